The predicted octanol–water partition coefficient (Wildman–Crippen LogP) is 5.70. The number of hydrogen-bond donors (Lipinski definition) is 1. The van der Waals surface area contributed by atoms with Crippen molar-refractivity contribution in [2.24, 2.45) is 5.92 Å². The fourth-order valence-electron chi connectivity index (χ4n) is 5.12. The van der Waals surface area contributed by atoms with Crippen LogP contribution in [-0.4, -0.2) is 34.6 Å². The van der Waals surface area contributed by atoms with Gasteiger partial charge in [-0.15, -0.1) is 0 Å². The van der Waals surface area contributed by atoms with Crippen molar-refractivity contribution in [2.75, 3.05) is 0 Å². The van der Waals surface area contributed by atoms with Crippen molar-refractivity contribution in [1.82, 2.24) is 29.5 Å². The first kappa shape index (κ1) is 26.1. The van der Waals surface area contributed by atoms with Crippen LogP contribution in [0.15, 0.2) is 36.7 Å². The first-order chi connectivity index (χ1) is 17.8. The maximum Gasteiger partial charge on any atom is 0.416 e. The van der Waals surface area contributed by atoms with Gasteiger partial charge in [-0.1, -0.05) is 12.1 Å². The minimum Gasteiger partial charge on any atom is -0.386 e. The maximum atomic E-state index is 13.1. The van der Waals surface area contributed by atoms with E-state index in [0.717, 1.165) is 65.4 Å². The van der Waals surface area contributed by atoms with Crippen LogP contribution in [0.5, 0.6) is 0 Å². The number of alkyl halides is 3. The topological polar surface area (TPSA) is 81.7 Å². The number of halogens is 3. The highest BCUT2D eigenvalue weighted by molar-refractivity contribution is 5.64. The molecule has 3 aromatic heterocycles. The van der Waals surface area contributed by atoms with Crippen LogP contribution in [0.2, 0.25) is 0 Å². The Morgan fingerprint density at radius 2 is 1.68 bits per heavy atom. The van der Waals surface area contributed by atoms with Crippen molar-refractivity contribution < 1.29 is 18.3 Å². The van der Waals surface area contributed by atoms with Crippen LogP contribution in [0.25, 0.3) is 17.1 Å². The van der Waals surface area contributed by atoms with E-state index < -0.39 is 17.3 Å². The molecule has 7 nitrogen and oxygen atoms in total. The number of benzene rings is 1. The first-order valence-electron chi connectivity index (χ1n) is 12.7. The Morgan fingerprint density at radius 1 is 1.00 bits per heavy atom. The minimum absolute atomic E-state index is 0.485. The molecule has 0 unspecified atom stereocenters. The normalized spacial score (nSPS) is 14.3. The molecular weight excluding hydrogens is 493 g/mol. The van der Waals surface area contributed by atoms with Crippen molar-refractivity contribution >= 4 is 0 Å². The van der Waals surface area contributed by atoms with Crippen molar-refractivity contribution in [2.45, 2.75) is 72.2 Å². The quantitative estimate of drug-likeness (QED) is 0.336. The second kappa shape index (κ2) is 9.34. The number of hydrogen-bond acceptors (Lipinski definition) is 5. The molecule has 3 heterocycles. The molecule has 0 spiro atoms. The van der Waals surface area contributed by atoms with Crippen molar-refractivity contribution in [1.29, 1.82) is 0 Å². The summed E-state index contributed by atoms with van der Waals surface area (Å²) in [4.78, 5) is 8.92. The van der Waals surface area contributed by atoms with E-state index >= 15 is 0 Å². The van der Waals surface area contributed by atoms with Crippen LogP contribution in [0.1, 0.15) is 66.2 Å². The summed E-state index contributed by atoms with van der Waals surface area (Å²) in [7, 11) is 0. The lowest BCUT2D eigenvalue weighted by Gasteiger charge is -2.18. The summed E-state index contributed by atoms with van der Waals surface area (Å²) in [5, 5.41) is 20.0. The Hall–Kier alpha value is -3.53. The van der Waals surface area contributed by atoms with Crippen molar-refractivity contribution in [3.63, 3.8) is 0 Å². The highest BCUT2D eigenvalue weighted by Gasteiger charge is 2.31. The van der Waals surface area contributed by atoms with Gasteiger partial charge in [-0.2, -0.15) is 23.4 Å². The molecule has 1 aliphatic carbocycles. The second-order valence-corrected chi connectivity index (χ2v) is 10.7. The molecule has 1 N–H and O–H groups in total. The molecule has 0 aliphatic heterocycles. The fourth-order valence-corrected chi connectivity index (χ4v) is 5.12. The zero-order valence-electron chi connectivity index (χ0n) is 22.1. The van der Waals surface area contributed by atoms with Gasteiger partial charge in [0.1, 0.15) is 6.33 Å². The standard InChI is InChI=1S/C28H31F3N6O/c1-16-23(12-22-13-24(33-15-32-22)37-18(3)25(17(2)34-37)27(4,5)38)36(14-19-6-7-19)35-26(16)20-8-10-21(11-9-20)28(29,30)31/h8-11,13,15,19,38H,6-7,12,14H2,1-5H3. The van der Waals surface area contributed by atoms with E-state index in [9.17, 15) is 18.3 Å². The van der Waals surface area contributed by atoms with E-state index in [-0.39, 0.29) is 0 Å². The highest BCUT2D eigenvalue weighted by atomic mass is 19.4. The molecule has 0 bridgehead atoms. The summed E-state index contributed by atoms with van der Waals surface area (Å²) in [6, 6.07) is 7.03. The molecule has 200 valence electrons. The molecule has 1 aromatic carbocycles. The van der Waals surface area contributed by atoms with Crippen LogP contribution >= 0.6 is 0 Å². The average Bonchev–Trinajstić information content (AvgIpc) is 3.53. The zero-order chi connectivity index (χ0) is 27.4. The fraction of sp³-hybridized carbons (Fsp3) is 0.429. The third kappa shape index (κ3) is 5.09. The van der Waals surface area contributed by atoms with E-state index in [1.165, 1.54) is 18.5 Å². The third-order valence-corrected chi connectivity index (χ3v) is 7.11. The number of aromatic nitrogens is 6. The predicted molar refractivity (Wildman–Crippen MR) is 137 cm³/mol. The molecule has 4 aromatic rings. The summed E-state index contributed by atoms with van der Waals surface area (Å²) in [6.45, 7) is 9.95. The van der Waals surface area contributed by atoms with Gasteiger partial charge in [-0.05, 0) is 71.1 Å². The van der Waals surface area contributed by atoms with Gasteiger partial charge >= 0.3 is 6.18 Å². The van der Waals surface area contributed by atoms with Crippen LogP contribution in [0.4, 0.5) is 13.2 Å². The molecule has 0 saturated heterocycles. The van der Waals surface area contributed by atoms with Gasteiger partial charge in [0, 0.05) is 41.5 Å². The van der Waals surface area contributed by atoms with Crippen LogP contribution in [0, 0.1) is 26.7 Å². The number of aliphatic hydroxyl groups is 1. The molecule has 1 saturated carbocycles. The molecule has 38 heavy (non-hydrogen) atoms. The van der Waals surface area contributed by atoms with E-state index in [0.29, 0.717) is 29.4 Å². The van der Waals surface area contributed by atoms with Crippen molar-refractivity contribution in [3.05, 3.63) is 76.1 Å². The molecule has 10 heteroatoms. The molecule has 0 amide bonds. The van der Waals surface area contributed by atoms with E-state index in [1.807, 2.05) is 31.5 Å². The van der Waals surface area contributed by atoms with Crippen molar-refractivity contribution in [3.8, 4) is 17.1 Å². The van der Waals surface area contributed by atoms with Gasteiger partial charge < -0.3 is 5.11 Å². The third-order valence-electron chi connectivity index (χ3n) is 7.11. The smallest absolute Gasteiger partial charge is 0.386 e. The van der Waals surface area contributed by atoms with Gasteiger partial charge in [0.15, 0.2) is 5.82 Å². The first-order valence-corrected chi connectivity index (χ1v) is 12.7. The van der Waals surface area contributed by atoms with Crippen LogP contribution in [0.3, 0.4) is 0 Å². The SMILES string of the molecule is Cc1nn(-c2cc(Cc3c(C)c(-c4ccc(C(F)(F)F)cc4)nn3CC3CC3)ncn2)c(C)c1C(C)(C)O. The van der Waals surface area contributed by atoms with E-state index in [1.54, 1.807) is 18.5 Å². The number of nitrogens with zero attached hydrogens (tertiary/aromatic N) is 6. The maximum absolute atomic E-state index is 13.1. The van der Waals surface area contributed by atoms with Gasteiger partial charge in [-0.3, -0.25) is 4.68 Å². The van der Waals surface area contributed by atoms with Gasteiger partial charge in [0.05, 0.1) is 28.2 Å². The summed E-state index contributed by atoms with van der Waals surface area (Å²) in [6.07, 6.45) is -0.105. The van der Waals surface area contributed by atoms with E-state index in [2.05, 4.69) is 15.1 Å². The van der Waals surface area contributed by atoms with Gasteiger partial charge in [0.2, 0.25) is 0 Å². The molecule has 0 atom stereocenters. The Balaban J connectivity index is 1.50. The Kier molecular flexibility index (Phi) is 6.41. The van der Waals surface area contributed by atoms with Gasteiger partial charge in [0.25, 0.3) is 0 Å². The summed E-state index contributed by atoms with van der Waals surface area (Å²) in [5.74, 6) is 1.16. The van der Waals surface area contributed by atoms with Gasteiger partial charge in [-0.25, -0.2) is 14.6 Å². The monoisotopic (exact) mass is 524 g/mol. The summed E-state index contributed by atoms with van der Waals surface area (Å²) >= 11 is 0. The molecule has 1 fully saturated rings. The second-order valence-electron chi connectivity index (χ2n) is 10.7. The lowest BCUT2D eigenvalue weighted by Crippen LogP contribution is -2.18. The van der Waals surface area contributed by atoms with Crippen LogP contribution in [-0.2, 0) is 24.7 Å². The highest BCUT2D eigenvalue weighted by Crippen LogP contribution is 2.35. The molecular formula is C28H31F3N6O. The Morgan fingerprint density at radius 3 is 2.26 bits per heavy atom. The van der Waals surface area contributed by atoms with E-state index in [4.69, 9.17) is 5.10 Å². The summed E-state index contributed by atoms with van der Waals surface area (Å²) in [5.41, 5.74) is 4.57. The number of aryl methyl sites for hydroxylation is 1. The largest absolute Gasteiger partial charge is 0.416 e. The number of rotatable bonds is 7. The lowest BCUT2D eigenvalue weighted by molar-refractivity contribution is -0.137. The average molecular weight is 525 g/mol. The Labute approximate surface area is 219 Å². The zero-order valence-corrected chi connectivity index (χ0v) is 22.1. The molecule has 0 radical (unpaired) electrons. The molecule has 5 rings (SSSR count). The lowest BCUT2D eigenvalue weighted by atomic mass is 9.96. The summed E-state index contributed by atoms with van der Waals surface area (Å²) < 4.78 is 42.9. The van der Waals surface area contributed by atoms with Crippen LogP contribution < -0.4 is 0 Å². The minimum atomic E-state index is -4.38. The Bertz CT molecular complexity index is 1470. The molecule has 1 aliphatic rings.